The molecule has 0 saturated heterocycles. The van der Waals surface area contributed by atoms with E-state index in [0.29, 0.717) is 0 Å². The van der Waals surface area contributed by atoms with E-state index < -0.39 is 0 Å². The Morgan fingerprint density at radius 2 is 1.43 bits per heavy atom. The zero-order valence-electron chi connectivity index (χ0n) is 24.2. The van der Waals surface area contributed by atoms with Crippen molar-refractivity contribution in [1.29, 1.82) is 0 Å². The number of benzene rings is 2. The topological polar surface area (TPSA) is 35.5 Å². The quantitative estimate of drug-likeness (QED) is 0.109. The first-order chi connectivity index (χ1) is 17.8. The second-order valence-electron chi connectivity index (χ2n) is 11.4. The molecule has 0 N–H and O–H groups in total. The summed E-state index contributed by atoms with van der Waals surface area (Å²) in [5.41, 5.74) is 2.68. The van der Waals surface area contributed by atoms with Gasteiger partial charge in [0, 0.05) is 12.0 Å². The van der Waals surface area contributed by atoms with Crippen molar-refractivity contribution in [2.24, 2.45) is 5.92 Å². The molecule has 4 nitrogen and oxygen atoms in total. The third kappa shape index (κ3) is 13.7. The van der Waals surface area contributed by atoms with E-state index in [4.69, 9.17) is 9.47 Å². The van der Waals surface area contributed by atoms with E-state index in [9.17, 15) is 4.79 Å². The maximum absolute atomic E-state index is 12.5. The largest absolute Gasteiger partial charge is 0.487 e. The van der Waals surface area contributed by atoms with Gasteiger partial charge in [0.25, 0.3) is 0 Å². The Labute approximate surface area is 227 Å². The number of unbranched alkanes of at least 4 members (excludes halogenated alkanes) is 7. The van der Waals surface area contributed by atoms with Gasteiger partial charge in [0.1, 0.15) is 25.0 Å². The van der Waals surface area contributed by atoms with Crippen molar-refractivity contribution in [3.05, 3.63) is 65.7 Å². The van der Waals surface area contributed by atoms with E-state index in [-0.39, 0.29) is 24.6 Å². The molecule has 37 heavy (non-hydrogen) atoms. The molecule has 206 valence electrons. The molecule has 2 rings (SSSR count). The van der Waals surface area contributed by atoms with Crippen LogP contribution in [0.4, 0.5) is 0 Å². The summed E-state index contributed by atoms with van der Waals surface area (Å²) in [6.07, 6.45) is 12.5. The van der Waals surface area contributed by atoms with Crippen LogP contribution in [0.3, 0.4) is 0 Å². The molecule has 0 aromatic heterocycles. The molecule has 0 amide bonds. The van der Waals surface area contributed by atoms with Gasteiger partial charge in [-0.1, -0.05) is 101 Å². The molecule has 2 aromatic carbocycles. The van der Waals surface area contributed by atoms with Gasteiger partial charge in [0.15, 0.2) is 0 Å². The van der Waals surface area contributed by atoms with Gasteiger partial charge in [0.05, 0.1) is 26.6 Å². The Hall–Kier alpha value is -2.33. The number of esters is 1. The molecule has 0 bridgehead atoms. The molecule has 0 aliphatic carbocycles. The number of ether oxygens (including phenoxy) is 2. The second kappa shape index (κ2) is 17.2. The molecule has 2 unspecified atom stereocenters. The van der Waals surface area contributed by atoms with Crippen LogP contribution in [-0.4, -0.2) is 43.8 Å². The minimum atomic E-state index is -0.181. The van der Waals surface area contributed by atoms with Gasteiger partial charge in [-0.05, 0) is 37.5 Å². The van der Waals surface area contributed by atoms with Crippen LogP contribution in [0.2, 0.25) is 0 Å². The van der Waals surface area contributed by atoms with E-state index in [1.807, 2.05) is 32.0 Å². The molecule has 0 saturated carbocycles. The molecule has 2 aromatic rings. The highest BCUT2D eigenvalue weighted by atomic mass is 16.6. The standard InChI is InChI=1S/C33H52NO3/c1-6-7-8-9-10-11-12-14-17-30-20-22-32(23-21-30)37-29(3)27-36-33(35)28(2)24-25-34(4,5)26-31-18-15-13-16-19-31/h13,15-16,18-23,28-29H,6-12,14,17,24-27H2,1-5H3/q+1. The fraction of sp³-hybridized carbons (Fsp3) is 0.606. The van der Waals surface area contributed by atoms with Crippen LogP contribution in [0.1, 0.15) is 89.7 Å². The second-order valence-corrected chi connectivity index (χ2v) is 11.4. The molecule has 0 heterocycles. The zero-order chi connectivity index (χ0) is 26.9. The third-order valence-electron chi connectivity index (χ3n) is 7.06. The Morgan fingerprint density at radius 1 is 0.811 bits per heavy atom. The lowest BCUT2D eigenvalue weighted by atomic mass is 10.0. The summed E-state index contributed by atoms with van der Waals surface area (Å²) in [4.78, 5) is 12.5. The molecule has 0 spiro atoms. The van der Waals surface area contributed by atoms with Gasteiger partial charge >= 0.3 is 5.97 Å². The average Bonchev–Trinajstić information content (AvgIpc) is 2.88. The van der Waals surface area contributed by atoms with Crippen LogP contribution in [0, 0.1) is 5.92 Å². The van der Waals surface area contributed by atoms with Crippen LogP contribution in [0.15, 0.2) is 54.6 Å². The molecule has 0 radical (unpaired) electrons. The predicted molar refractivity (Wildman–Crippen MR) is 155 cm³/mol. The van der Waals surface area contributed by atoms with Crippen LogP contribution in [0.25, 0.3) is 0 Å². The van der Waals surface area contributed by atoms with Gasteiger partial charge < -0.3 is 14.0 Å². The lowest BCUT2D eigenvalue weighted by Crippen LogP contribution is -2.40. The predicted octanol–water partition coefficient (Wildman–Crippen LogP) is 7.98. The molecule has 4 heteroatoms. The monoisotopic (exact) mass is 510 g/mol. The smallest absolute Gasteiger partial charge is 0.309 e. The van der Waals surface area contributed by atoms with Crippen molar-refractivity contribution in [3.63, 3.8) is 0 Å². The number of quaternary nitrogens is 1. The first kappa shape index (κ1) is 30.9. The summed E-state index contributed by atoms with van der Waals surface area (Å²) < 4.78 is 12.4. The summed E-state index contributed by atoms with van der Waals surface area (Å²) in [6, 6.07) is 18.9. The first-order valence-corrected chi connectivity index (χ1v) is 14.6. The fourth-order valence-corrected chi connectivity index (χ4v) is 4.62. The first-order valence-electron chi connectivity index (χ1n) is 14.6. The van der Waals surface area contributed by atoms with Crippen molar-refractivity contribution in [2.45, 2.75) is 97.6 Å². The highest BCUT2D eigenvalue weighted by Crippen LogP contribution is 2.18. The number of aryl methyl sites for hydroxylation is 1. The lowest BCUT2D eigenvalue weighted by molar-refractivity contribution is -0.904. The number of rotatable bonds is 19. The van der Waals surface area contributed by atoms with Crippen molar-refractivity contribution in [1.82, 2.24) is 0 Å². The highest BCUT2D eigenvalue weighted by molar-refractivity contribution is 5.71. The Morgan fingerprint density at radius 3 is 2.08 bits per heavy atom. The van der Waals surface area contributed by atoms with Gasteiger partial charge in [-0.2, -0.15) is 0 Å². The normalized spacial score (nSPS) is 13.2. The van der Waals surface area contributed by atoms with E-state index in [1.54, 1.807) is 0 Å². The average molecular weight is 511 g/mol. The lowest BCUT2D eigenvalue weighted by Gasteiger charge is -2.30. The van der Waals surface area contributed by atoms with E-state index in [2.05, 4.69) is 57.4 Å². The molecular weight excluding hydrogens is 458 g/mol. The van der Waals surface area contributed by atoms with E-state index >= 15 is 0 Å². The number of hydrogen-bond acceptors (Lipinski definition) is 3. The van der Waals surface area contributed by atoms with Crippen molar-refractivity contribution in [2.75, 3.05) is 27.2 Å². The molecule has 0 aliphatic rings. The summed E-state index contributed by atoms with van der Waals surface area (Å²) in [5.74, 6) is 0.558. The SMILES string of the molecule is CCCCCCCCCCc1ccc(OC(C)COC(=O)C(C)CC[N+](C)(C)Cc2ccccc2)cc1. The molecular formula is C33H52NO3+. The van der Waals surface area contributed by atoms with Gasteiger partial charge in [-0.3, -0.25) is 4.79 Å². The highest BCUT2D eigenvalue weighted by Gasteiger charge is 2.22. The van der Waals surface area contributed by atoms with E-state index in [1.165, 1.54) is 62.5 Å². The van der Waals surface area contributed by atoms with Crippen molar-refractivity contribution >= 4 is 5.97 Å². The summed E-state index contributed by atoms with van der Waals surface area (Å²) in [6.45, 7) is 8.32. The van der Waals surface area contributed by atoms with Gasteiger partial charge in [0.2, 0.25) is 0 Å². The maximum Gasteiger partial charge on any atom is 0.309 e. The number of hydrogen-bond donors (Lipinski definition) is 0. The Kier molecular flexibility index (Phi) is 14.4. The maximum atomic E-state index is 12.5. The summed E-state index contributed by atoms with van der Waals surface area (Å²) in [7, 11) is 4.42. The van der Waals surface area contributed by atoms with Crippen LogP contribution >= 0.6 is 0 Å². The summed E-state index contributed by atoms with van der Waals surface area (Å²) in [5, 5.41) is 0. The van der Waals surface area contributed by atoms with Crippen LogP contribution < -0.4 is 4.74 Å². The molecule has 0 aliphatic heterocycles. The number of carbonyl (C=O) groups is 1. The number of nitrogens with zero attached hydrogens (tertiary/aromatic N) is 1. The van der Waals surface area contributed by atoms with Gasteiger partial charge in [-0.15, -0.1) is 0 Å². The number of carbonyl (C=O) groups excluding carboxylic acids is 1. The fourth-order valence-electron chi connectivity index (χ4n) is 4.62. The van der Waals surface area contributed by atoms with Crippen molar-refractivity contribution in [3.8, 4) is 5.75 Å². The Balaban J connectivity index is 1.61. The molecule has 0 fully saturated rings. The van der Waals surface area contributed by atoms with Crippen molar-refractivity contribution < 1.29 is 18.8 Å². The van der Waals surface area contributed by atoms with E-state index in [0.717, 1.165) is 36.2 Å². The van der Waals surface area contributed by atoms with Crippen LogP contribution in [0.5, 0.6) is 5.75 Å². The minimum absolute atomic E-state index is 0.129. The molecule has 2 atom stereocenters. The summed E-state index contributed by atoms with van der Waals surface area (Å²) >= 11 is 0. The Bertz CT molecular complexity index is 863. The van der Waals surface area contributed by atoms with Crippen LogP contribution in [-0.2, 0) is 22.5 Å². The minimum Gasteiger partial charge on any atom is -0.487 e. The third-order valence-corrected chi connectivity index (χ3v) is 7.06. The van der Waals surface area contributed by atoms with Gasteiger partial charge in [-0.25, -0.2) is 0 Å². The zero-order valence-corrected chi connectivity index (χ0v) is 24.2.